The molecule has 1 atom stereocenters. The second-order valence-corrected chi connectivity index (χ2v) is 5.67. The van der Waals surface area contributed by atoms with Crippen LogP contribution in [0, 0.1) is 0 Å². The fourth-order valence-electron chi connectivity index (χ4n) is 1.89. The number of rotatable bonds is 3. The summed E-state index contributed by atoms with van der Waals surface area (Å²) in [5, 5.41) is 3.82. The van der Waals surface area contributed by atoms with Crippen molar-refractivity contribution in [1.29, 1.82) is 0 Å². The summed E-state index contributed by atoms with van der Waals surface area (Å²) in [4.78, 5) is 11.2. The van der Waals surface area contributed by atoms with Gasteiger partial charge in [0.15, 0.2) is 0 Å². The van der Waals surface area contributed by atoms with Crippen molar-refractivity contribution in [1.82, 2.24) is 0 Å². The summed E-state index contributed by atoms with van der Waals surface area (Å²) in [5.74, 6) is 1.86. The maximum atomic E-state index is 11.2. The van der Waals surface area contributed by atoms with Crippen LogP contribution < -0.4 is 11.1 Å². The van der Waals surface area contributed by atoms with Crippen molar-refractivity contribution in [3.05, 3.63) is 28.8 Å². The number of anilines is 1. The first-order valence-electron chi connectivity index (χ1n) is 5.60. The highest BCUT2D eigenvalue weighted by Gasteiger charge is 2.14. The highest BCUT2D eigenvalue weighted by molar-refractivity contribution is 7.99. The largest absolute Gasteiger partial charge is 0.381 e. The lowest BCUT2D eigenvalue weighted by molar-refractivity contribution is 0.100. The Hall–Kier alpha value is -0.870. The summed E-state index contributed by atoms with van der Waals surface area (Å²) in [6.07, 6.45) is 2.40. The third kappa shape index (κ3) is 3.30. The first-order chi connectivity index (χ1) is 8.16. The minimum atomic E-state index is -0.489. The Morgan fingerprint density at radius 2 is 2.35 bits per heavy atom. The summed E-state index contributed by atoms with van der Waals surface area (Å²) < 4.78 is 0. The maximum Gasteiger partial charge on any atom is 0.250 e. The number of nitrogens with two attached hydrogens (primary N) is 1. The van der Waals surface area contributed by atoms with Gasteiger partial charge in [0.25, 0.3) is 0 Å². The number of halogens is 1. The Balaban J connectivity index is 2.10. The van der Waals surface area contributed by atoms with E-state index in [9.17, 15) is 4.79 Å². The molecule has 1 amide bonds. The van der Waals surface area contributed by atoms with E-state index in [1.54, 1.807) is 12.1 Å². The van der Waals surface area contributed by atoms with Crippen LogP contribution in [0.5, 0.6) is 0 Å². The molecule has 2 rings (SSSR count). The quantitative estimate of drug-likeness (QED) is 0.888. The monoisotopic (exact) mass is 270 g/mol. The molecule has 1 aliphatic rings. The second-order valence-electron chi connectivity index (χ2n) is 4.12. The van der Waals surface area contributed by atoms with Crippen molar-refractivity contribution >= 4 is 35.0 Å². The number of amides is 1. The molecule has 1 aromatic rings. The zero-order valence-corrected chi connectivity index (χ0v) is 11.0. The average Bonchev–Trinajstić information content (AvgIpc) is 2.32. The van der Waals surface area contributed by atoms with E-state index in [-0.39, 0.29) is 0 Å². The van der Waals surface area contributed by atoms with Crippen LogP contribution in [-0.2, 0) is 0 Å². The van der Waals surface area contributed by atoms with Crippen molar-refractivity contribution in [3.63, 3.8) is 0 Å². The number of hydrogen-bond acceptors (Lipinski definition) is 3. The predicted octanol–water partition coefficient (Wildman–Crippen LogP) is 2.75. The molecule has 1 aromatic carbocycles. The van der Waals surface area contributed by atoms with Crippen LogP contribution >= 0.6 is 23.4 Å². The summed E-state index contributed by atoms with van der Waals surface area (Å²) in [7, 11) is 0. The number of hydrogen-bond donors (Lipinski definition) is 2. The molecule has 3 nitrogen and oxygen atoms in total. The van der Waals surface area contributed by atoms with Crippen LogP contribution in [0.3, 0.4) is 0 Å². The summed E-state index contributed by atoms with van der Waals surface area (Å²) in [6, 6.07) is 5.79. The van der Waals surface area contributed by atoms with Crippen molar-refractivity contribution in [2.45, 2.75) is 18.9 Å². The van der Waals surface area contributed by atoms with E-state index < -0.39 is 5.91 Å². The van der Waals surface area contributed by atoms with Gasteiger partial charge in [0, 0.05) is 17.5 Å². The molecular weight excluding hydrogens is 256 g/mol. The molecule has 1 unspecified atom stereocenters. The molecular formula is C12H15ClN2OS. The second kappa shape index (κ2) is 5.65. The molecule has 0 radical (unpaired) electrons. The Morgan fingerprint density at radius 1 is 1.53 bits per heavy atom. The molecule has 1 aliphatic heterocycles. The van der Waals surface area contributed by atoms with E-state index in [0.29, 0.717) is 16.6 Å². The van der Waals surface area contributed by atoms with Gasteiger partial charge < -0.3 is 11.1 Å². The van der Waals surface area contributed by atoms with Gasteiger partial charge in [-0.1, -0.05) is 11.6 Å². The number of nitrogens with one attached hydrogen (secondary N) is 1. The first-order valence-corrected chi connectivity index (χ1v) is 7.14. The van der Waals surface area contributed by atoms with E-state index in [1.165, 1.54) is 18.6 Å². The van der Waals surface area contributed by atoms with Gasteiger partial charge >= 0.3 is 0 Å². The molecule has 17 heavy (non-hydrogen) atoms. The summed E-state index contributed by atoms with van der Waals surface area (Å²) in [5.41, 5.74) is 6.55. The molecule has 92 valence electrons. The topological polar surface area (TPSA) is 55.1 Å². The minimum Gasteiger partial charge on any atom is -0.381 e. The van der Waals surface area contributed by atoms with E-state index in [4.69, 9.17) is 17.3 Å². The van der Waals surface area contributed by atoms with Gasteiger partial charge in [0.1, 0.15) is 0 Å². The van der Waals surface area contributed by atoms with Crippen molar-refractivity contribution in [3.8, 4) is 0 Å². The molecule has 0 aromatic heterocycles. The molecule has 0 bridgehead atoms. The summed E-state index contributed by atoms with van der Waals surface area (Å²) in [6.45, 7) is 0. The normalized spacial score (nSPS) is 19.9. The zero-order valence-electron chi connectivity index (χ0n) is 9.41. The molecule has 0 aliphatic carbocycles. The van der Waals surface area contributed by atoms with Crippen LogP contribution in [-0.4, -0.2) is 23.5 Å². The molecule has 3 N–H and O–H groups in total. The van der Waals surface area contributed by atoms with Crippen molar-refractivity contribution < 1.29 is 4.79 Å². The first kappa shape index (κ1) is 12.6. The zero-order chi connectivity index (χ0) is 12.3. The standard InChI is InChI=1S/C12H15ClN2OS/c13-11-4-3-8(6-10(11)12(14)16)15-9-2-1-5-17-7-9/h3-4,6,9,15H,1-2,5,7H2,(H2,14,16). The highest BCUT2D eigenvalue weighted by atomic mass is 35.5. The number of carbonyl (C=O) groups is 1. The smallest absolute Gasteiger partial charge is 0.250 e. The van der Waals surface area contributed by atoms with E-state index >= 15 is 0 Å². The van der Waals surface area contributed by atoms with Gasteiger partial charge in [-0.25, -0.2) is 0 Å². The number of thioether (sulfide) groups is 1. The lowest BCUT2D eigenvalue weighted by Gasteiger charge is -2.23. The van der Waals surface area contributed by atoms with E-state index in [1.807, 2.05) is 17.8 Å². The van der Waals surface area contributed by atoms with Crippen LogP contribution in [0.4, 0.5) is 5.69 Å². The van der Waals surface area contributed by atoms with E-state index in [2.05, 4.69) is 5.32 Å². The Labute approximate surface area is 110 Å². The third-order valence-corrected chi connectivity index (χ3v) is 4.31. The van der Waals surface area contributed by atoms with Crippen molar-refractivity contribution in [2.75, 3.05) is 16.8 Å². The van der Waals surface area contributed by atoms with Crippen LogP contribution in [0.15, 0.2) is 18.2 Å². The molecule has 0 spiro atoms. The van der Waals surface area contributed by atoms with Crippen LogP contribution in [0.25, 0.3) is 0 Å². The predicted molar refractivity (Wildman–Crippen MR) is 73.9 cm³/mol. The Morgan fingerprint density at radius 3 is 3.00 bits per heavy atom. The molecule has 1 heterocycles. The van der Waals surface area contributed by atoms with Crippen LogP contribution in [0.2, 0.25) is 5.02 Å². The molecule has 1 fully saturated rings. The third-order valence-electron chi connectivity index (χ3n) is 2.76. The lowest BCUT2D eigenvalue weighted by Crippen LogP contribution is -2.25. The number of carbonyl (C=O) groups excluding carboxylic acids is 1. The fraction of sp³-hybridized carbons (Fsp3) is 0.417. The molecule has 5 heteroatoms. The van der Waals surface area contributed by atoms with Gasteiger partial charge in [-0.05, 0) is 36.8 Å². The Bertz CT molecular complexity index is 419. The average molecular weight is 271 g/mol. The van der Waals surface area contributed by atoms with Gasteiger partial charge in [-0.2, -0.15) is 11.8 Å². The van der Waals surface area contributed by atoms with Crippen LogP contribution in [0.1, 0.15) is 23.2 Å². The number of benzene rings is 1. The van der Waals surface area contributed by atoms with Gasteiger partial charge in [0.05, 0.1) is 10.6 Å². The Kier molecular flexibility index (Phi) is 4.18. The minimum absolute atomic E-state index is 0.375. The van der Waals surface area contributed by atoms with Gasteiger partial charge in [-0.15, -0.1) is 0 Å². The maximum absolute atomic E-state index is 11.2. The fourth-order valence-corrected chi connectivity index (χ4v) is 3.18. The van der Waals surface area contributed by atoms with Crippen molar-refractivity contribution in [2.24, 2.45) is 5.73 Å². The number of primary amides is 1. The SMILES string of the molecule is NC(=O)c1cc(NC2CCCSC2)ccc1Cl. The van der Waals surface area contributed by atoms with Gasteiger partial charge in [0.2, 0.25) is 5.91 Å². The van der Waals surface area contributed by atoms with E-state index in [0.717, 1.165) is 11.4 Å². The molecule has 1 saturated heterocycles. The lowest BCUT2D eigenvalue weighted by atomic mass is 10.1. The summed E-state index contributed by atoms with van der Waals surface area (Å²) >= 11 is 7.86. The highest BCUT2D eigenvalue weighted by Crippen LogP contribution is 2.24. The molecule has 0 saturated carbocycles. The van der Waals surface area contributed by atoms with Gasteiger partial charge in [-0.3, -0.25) is 4.79 Å².